The number of anilines is 3. The SMILES string of the molecule is c1csc(N2c3ccccc3Sc3ccccc32)c1. The normalized spacial score (nSPS) is 12.9. The van der Waals surface area contributed by atoms with Crippen LogP contribution in [0.5, 0.6) is 0 Å². The summed E-state index contributed by atoms with van der Waals surface area (Å²) < 4.78 is 0. The van der Waals surface area contributed by atoms with E-state index < -0.39 is 0 Å². The van der Waals surface area contributed by atoms with Crippen molar-refractivity contribution >= 4 is 39.5 Å². The van der Waals surface area contributed by atoms with E-state index in [2.05, 4.69) is 70.9 Å². The maximum atomic E-state index is 2.35. The van der Waals surface area contributed by atoms with Crippen molar-refractivity contribution in [3.63, 3.8) is 0 Å². The van der Waals surface area contributed by atoms with Crippen LogP contribution in [0.1, 0.15) is 0 Å². The van der Waals surface area contributed by atoms with Crippen LogP contribution < -0.4 is 4.90 Å². The lowest BCUT2D eigenvalue weighted by atomic mass is 10.2. The van der Waals surface area contributed by atoms with Crippen LogP contribution in [0.3, 0.4) is 0 Å². The lowest BCUT2D eigenvalue weighted by Gasteiger charge is -2.31. The van der Waals surface area contributed by atoms with E-state index >= 15 is 0 Å². The zero-order chi connectivity index (χ0) is 12.7. The monoisotopic (exact) mass is 281 g/mol. The van der Waals surface area contributed by atoms with Gasteiger partial charge in [0.2, 0.25) is 0 Å². The van der Waals surface area contributed by atoms with Gasteiger partial charge >= 0.3 is 0 Å². The van der Waals surface area contributed by atoms with Crippen molar-refractivity contribution < 1.29 is 0 Å². The number of hydrogen-bond donors (Lipinski definition) is 0. The van der Waals surface area contributed by atoms with Crippen molar-refractivity contribution in [3.8, 4) is 0 Å². The summed E-state index contributed by atoms with van der Waals surface area (Å²) in [5.41, 5.74) is 2.54. The largest absolute Gasteiger partial charge is 0.300 e. The summed E-state index contributed by atoms with van der Waals surface area (Å²) >= 11 is 3.62. The number of para-hydroxylation sites is 2. The molecule has 2 heterocycles. The molecule has 1 nitrogen and oxygen atoms in total. The fraction of sp³-hybridized carbons (Fsp3) is 0. The molecule has 92 valence electrons. The van der Waals surface area contributed by atoms with Gasteiger partial charge in [0.1, 0.15) is 0 Å². The smallest absolute Gasteiger partial charge is 0.1000 e. The van der Waals surface area contributed by atoms with Crippen LogP contribution in [0.4, 0.5) is 16.4 Å². The van der Waals surface area contributed by atoms with Crippen LogP contribution in [0, 0.1) is 0 Å². The minimum atomic E-state index is 1.26. The minimum absolute atomic E-state index is 1.26. The number of hydrogen-bond acceptors (Lipinski definition) is 3. The van der Waals surface area contributed by atoms with Gasteiger partial charge in [-0.3, -0.25) is 4.90 Å². The fourth-order valence-electron chi connectivity index (χ4n) is 2.34. The highest BCUT2D eigenvalue weighted by atomic mass is 32.2. The average molecular weight is 281 g/mol. The van der Waals surface area contributed by atoms with Crippen LogP contribution in [-0.2, 0) is 0 Å². The molecule has 0 saturated heterocycles. The molecular weight excluding hydrogens is 270 g/mol. The van der Waals surface area contributed by atoms with E-state index in [-0.39, 0.29) is 0 Å². The van der Waals surface area contributed by atoms with E-state index in [4.69, 9.17) is 0 Å². The highest BCUT2D eigenvalue weighted by molar-refractivity contribution is 7.99. The number of thiophene rings is 1. The van der Waals surface area contributed by atoms with Crippen LogP contribution in [-0.4, -0.2) is 0 Å². The fourth-order valence-corrected chi connectivity index (χ4v) is 4.15. The molecule has 0 aliphatic carbocycles. The second kappa shape index (κ2) is 4.44. The van der Waals surface area contributed by atoms with E-state index in [0.29, 0.717) is 0 Å². The predicted octanol–water partition coefficient (Wildman–Crippen LogP) is 5.68. The molecular formula is C16H11NS2. The second-order valence-electron chi connectivity index (χ2n) is 4.32. The summed E-state index contributed by atoms with van der Waals surface area (Å²) in [6.45, 7) is 0. The van der Waals surface area contributed by atoms with Gasteiger partial charge in [0.15, 0.2) is 0 Å². The third-order valence-corrected chi connectivity index (χ3v) is 5.14. The Bertz CT molecular complexity index is 674. The third-order valence-electron chi connectivity index (χ3n) is 3.16. The first-order chi connectivity index (χ1) is 9.43. The summed E-state index contributed by atoms with van der Waals surface area (Å²) in [5, 5.41) is 3.39. The molecule has 1 aliphatic rings. The Morgan fingerprint density at radius 1 is 0.684 bits per heavy atom. The minimum Gasteiger partial charge on any atom is -0.300 e. The van der Waals surface area contributed by atoms with E-state index in [1.165, 1.54) is 26.2 Å². The standard InChI is InChI=1S/C16H11NS2/c1-3-8-14-12(6-1)17(16-10-5-11-18-16)13-7-2-4-9-15(13)19-14/h1-11H. The highest BCUT2D eigenvalue weighted by Gasteiger charge is 2.24. The zero-order valence-electron chi connectivity index (χ0n) is 10.1. The summed E-state index contributed by atoms with van der Waals surface area (Å²) in [7, 11) is 0. The third kappa shape index (κ3) is 1.78. The Labute approximate surface area is 120 Å². The lowest BCUT2D eigenvalue weighted by Crippen LogP contribution is -2.13. The van der Waals surface area contributed by atoms with Crippen molar-refractivity contribution in [2.75, 3.05) is 4.90 Å². The Balaban J connectivity index is 1.98. The van der Waals surface area contributed by atoms with Crippen LogP contribution in [0.25, 0.3) is 0 Å². The van der Waals surface area contributed by atoms with Crippen molar-refractivity contribution in [3.05, 3.63) is 66.0 Å². The molecule has 0 unspecified atom stereocenters. The Kier molecular flexibility index (Phi) is 2.60. The Morgan fingerprint density at radius 3 is 1.89 bits per heavy atom. The second-order valence-corrected chi connectivity index (χ2v) is 6.33. The van der Waals surface area contributed by atoms with Crippen LogP contribution in [0.15, 0.2) is 75.8 Å². The van der Waals surface area contributed by atoms with E-state index in [1.54, 1.807) is 11.3 Å². The first kappa shape index (κ1) is 11.1. The Morgan fingerprint density at radius 2 is 1.32 bits per heavy atom. The first-order valence-corrected chi connectivity index (χ1v) is 7.83. The lowest BCUT2D eigenvalue weighted by molar-refractivity contribution is 1.18. The molecule has 2 aromatic carbocycles. The van der Waals surface area contributed by atoms with Gasteiger partial charge in [-0.25, -0.2) is 0 Å². The van der Waals surface area contributed by atoms with Gasteiger partial charge in [0.25, 0.3) is 0 Å². The summed E-state index contributed by atoms with van der Waals surface area (Å²) in [6.07, 6.45) is 0. The number of nitrogens with zero attached hydrogens (tertiary/aromatic N) is 1. The van der Waals surface area contributed by atoms with Gasteiger partial charge in [-0.15, -0.1) is 11.3 Å². The average Bonchev–Trinajstić information content (AvgIpc) is 2.98. The molecule has 4 rings (SSSR count). The summed E-state index contributed by atoms with van der Waals surface area (Å²) in [4.78, 5) is 4.98. The first-order valence-electron chi connectivity index (χ1n) is 6.13. The number of benzene rings is 2. The van der Waals surface area contributed by atoms with E-state index in [1.807, 2.05) is 11.8 Å². The van der Waals surface area contributed by atoms with Gasteiger partial charge in [0.05, 0.1) is 16.4 Å². The molecule has 0 spiro atoms. The van der Waals surface area contributed by atoms with Gasteiger partial charge in [-0.05, 0) is 41.8 Å². The van der Waals surface area contributed by atoms with Crippen LogP contribution in [0.2, 0.25) is 0 Å². The van der Waals surface area contributed by atoms with E-state index in [9.17, 15) is 0 Å². The maximum absolute atomic E-state index is 2.35. The number of fused-ring (bicyclic) bond motifs is 2. The zero-order valence-corrected chi connectivity index (χ0v) is 11.7. The molecule has 3 heteroatoms. The molecule has 0 atom stereocenters. The van der Waals surface area contributed by atoms with E-state index in [0.717, 1.165) is 0 Å². The van der Waals surface area contributed by atoms with Crippen molar-refractivity contribution in [2.45, 2.75) is 9.79 Å². The summed E-state index contributed by atoms with van der Waals surface area (Å²) in [6, 6.07) is 21.5. The van der Waals surface area contributed by atoms with Crippen LogP contribution >= 0.6 is 23.1 Å². The molecule has 3 aromatic rings. The number of rotatable bonds is 1. The van der Waals surface area contributed by atoms with Crippen molar-refractivity contribution in [1.29, 1.82) is 0 Å². The molecule has 1 aromatic heterocycles. The van der Waals surface area contributed by atoms with Crippen molar-refractivity contribution in [1.82, 2.24) is 0 Å². The van der Waals surface area contributed by atoms with Gasteiger partial charge < -0.3 is 0 Å². The molecule has 1 aliphatic heterocycles. The van der Waals surface area contributed by atoms with Crippen molar-refractivity contribution in [2.24, 2.45) is 0 Å². The topological polar surface area (TPSA) is 3.24 Å². The predicted molar refractivity (Wildman–Crippen MR) is 83.1 cm³/mol. The summed E-state index contributed by atoms with van der Waals surface area (Å²) in [5.74, 6) is 0. The molecule has 0 saturated carbocycles. The van der Waals surface area contributed by atoms with Gasteiger partial charge in [-0.1, -0.05) is 36.0 Å². The molecule has 19 heavy (non-hydrogen) atoms. The quantitative estimate of drug-likeness (QED) is 0.441. The molecule has 0 fully saturated rings. The Hall–Kier alpha value is -1.71. The molecule has 0 radical (unpaired) electrons. The molecule has 0 amide bonds. The molecule has 0 N–H and O–H groups in total. The maximum Gasteiger partial charge on any atom is 0.1000 e. The highest BCUT2D eigenvalue weighted by Crippen LogP contribution is 2.51. The van der Waals surface area contributed by atoms with Gasteiger partial charge in [0, 0.05) is 9.79 Å². The molecule has 0 bridgehead atoms. The van der Waals surface area contributed by atoms with Gasteiger partial charge in [-0.2, -0.15) is 0 Å².